The van der Waals surface area contributed by atoms with Gasteiger partial charge in [0.05, 0.1) is 6.10 Å². The fourth-order valence-corrected chi connectivity index (χ4v) is 2.10. The first-order valence-corrected chi connectivity index (χ1v) is 5.52. The molecule has 1 fully saturated rings. The lowest BCUT2D eigenvalue weighted by Gasteiger charge is -2.42. The highest BCUT2D eigenvalue weighted by Crippen LogP contribution is 2.28. The molecule has 0 spiro atoms. The topological polar surface area (TPSA) is 49.8 Å². The average molecular weight is 215 g/mol. The quantitative estimate of drug-likeness (QED) is 0.769. The SMILES string of the molecule is COC(C)CN1CCCCC1(C)C(=O)O. The standard InChI is InChI=1S/C11H21NO3/c1-9(15-3)8-12-7-5-4-6-11(12,2)10(13)14/h9H,4-8H2,1-3H3,(H,13,14). The summed E-state index contributed by atoms with van der Waals surface area (Å²) in [5.41, 5.74) is -0.703. The van der Waals surface area contributed by atoms with Crippen LogP contribution < -0.4 is 0 Å². The molecular weight excluding hydrogens is 194 g/mol. The summed E-state index contributed by atoms with van der Waals surface area (Å²) in [5, 5.41) is 9.27. The number of hydrogen-bond acceptors (Lipinski definition) is 3. The Morgan fingerprint density at radius 2 is 2.27 bits per heavy atom. The van der Waals surface area contributed by atoms with Crippen molar-refractivity contribution >= 4 is 5.97 Å². The minimum absolute atomic E-state index is 0.0850. The van der Waals surface area contributed by atoms with Gasteiger partial charge in [-0.3, -0.25) is 9.69 Å². The van der Waals surface area contributed by atoms with Gasteiger partial charge in [-0.2, -0.15) is 0 Å². The molecule has 1 rings (SSSR count). The van der Waals surface area contributed by atoms with Gasteiger partial charge in [0.1, 0.15) is 5.54 Å². The average Bonchev–Trinajstić information content (AvgIpc) is 2.21. The number of carboxylic acids is 1. The molecule has 0 radical (unpaired) electrons. The maximum absolute atomic E-state index is 11.3. The van der Waals surface area contributed by atoms with Crippen LogP contribution in [0.25, 0.3) is 0 Å². The highest BCUT2D eigenvalue weighted by molar-refractivity contribution is 5.78. The van der Waals surface area contributed by atoms with Gasteiger partial charge in [0, 0.05) is 13.7 Å². The summed E-state index contributed by atoms with van der Waals surface area (Å²) in [6.07, 6.45) is 2.90. The molecule has 1 saturated heterocycles. The lowest BCUT2D eigenvalue weighted by Crippen LogP contribution is -2.56. The van der Waals surface area contributed by atoms with E-state index in [4.69, 9.17) is 4.74 Å². The zero-order chi connectivity index (χ0) is 11.5. The number of carboxylic acid groups (broad SMARTS) is 1. The molecule has 0 bridgehead atoms. The van der Waals surface area contributed by atoms with Gasteiger partial charge >= 0.3 is 5.97 Å². The van der Waals surface area contributed by atoms with Crippen molar-refractivity contribution in [2.45, 2.75) is 44.8 Å². The summed E-state index contributed by atoms with van der Waals surface area (Å²) >= 11 is 0. The lowest BCUT2D eigenvalue weighted by atomic mass is 9.88. The third-order valence-corrected chi connectivity index (χ3v) is 3.38. The molecule has 4 nitrogen and oxygen atoms in total. The molecule has 0 aromatic heterocycles. The molecule has 1 heterocycles. The summed E-state index contributed by atoms with van der Waals surface area (Å²) < 4.78 is 5.19. The van der Waals surface area contributed by atoms with Gasteiger partial charge in [0.25, 0.3) is 0 Å². The van der Waals surface area contributed by atoms with Crippen LogP contribution in [0.3, 0.4) is 0 Å². The predicted octanol–water partition coefficient (Wildman–Crippen LogP) is 1.35. The molecule has 2 atom stereocenters. The van der Waals surface area contributed by atoms with E-state index >= 15 is 0 Å². The smallest absolute Gasteiger partial charge is 0.323 e. The molecular formula is C11H21NO3. The molecule has 4 heteroatoms. The molecule has 2 unspecified atom stereocenters. The molecule has 0 aromatic carbocycles. The number of hydrogen-bond donors (Lipinski definition) is 1. The molecule has 1 aliphatic rings. The summed E-state index contributed by atoms with van der Waals surface area (Å²) in [4.78, 5) is 13.3. The van der Waals surface area contributed by atoms with Crippen LogP contribution in [0, 0.1) is 0 Å². The number of methoxy groups -OCH3 is 1. The van der Waals surface area contributed by atoms with Gasteiger partial charge in [-0.1, -0.05) is 0 Å². The predicted molar refractivity (Wildman–Crippen MR) is 57.9 cm³/mol. The van der Waals surface area contributed by atoms with Crippen LogP contribution in [-0.4, -0.2) is 47.8 Å². The Labute approximate surface area is 91.2 Å². The van der Waals surface area contributed by atoms with E-state index in [1.165, 1.54) is 0 Å². The molecule has 15 heavy (non-hydrogen) atoms. The first-order chi connectivity index (χ1) is 7.00. The van der Waals surface area contributed by atoms with E-state index < -0.39 is 11.5 Å². The maximum atomic E-state index is 11.3. The highest BCUT2D eigenvalue weighted by atomic mass is 16.5. The van der Waals surface area contributed by atoms with E-state index in [9.17, 15) is 9.90 Å². The van der Waals surface area contributed by atoms with Crippen molar-refractivity contribution in [3.8, 4) is 0 Å². The van der Waals surface area contributed by atoms with Gasteiger partial charge in [-0.15, -0.1) is 0 Å². The first kappa shape index (κ1) is 12.5. The fourth-order valence-electron chi connectivity index (χ4n) is 2.10. The number of nitrogens with zero attached hydrogens (tertiary/aromatic N) is 1. The molecule has 1 N–H and O–H groups in total. The molecule has 0 aliphatic carbocycles. The molecule has 88 valence electrons. The largest absolute Gasteiger partial charge is 0.480 e. The van der Waals surface area contributed by atoms with Gasteiger partial charge in [-0.25, -0.2) is 0 Å². The lowest BCUT2D eigenvalue weighted by molar-refractivity contribution is -0.154. The van der Waals surface area contributed by atoms with Crippen molar-refractivity contribution in [1.29, 1.82) is 0 Å². The summed E-state index contributed by atoms with van der Waals surface area (Å²) in [6, 6.07) is 0. The summed E-state index contributed by atoms with van der Waals surface area (Å²) in [7, 11) is 1.66. The van der Waals surface area contributed by atoms with Crippen LogP contribution in [0.2, 0.25) is 0 Å². The second-order valence-corrected chi connectivity index (χ2v) is 4.53. The molecule has 0 saturated carbocycles. The Balaban J connectivity index is 2.69. The van der Waals surface area contributed by atoms with E-state index in [-0.39, 0.29) is 6.10 Å². The van der Waals surface area contributed by atoms with Crippen molar-refractivity contribution in [3.63, 3.8) is 0 Å². The van der Waals surface area contributed by atoms with Crippen molar-refractivity contribution in [3.05, 3.63) is 0 Å². The Morgan fingerprint density at radius 1 is 1.60 bits per heavy atom. The number of rotatable bonds is 4. The van der Waals surface area contributed by atoms with Gasteiger partial charge in [0.2, 0.25) is 0 Å². The van der Waals surface area contributed by atoms with E-state index in [0.717, 1.165) is 25.8 Å². The van der Waals surface area contributed by atoms with Crippen molar-refractivity contribution in [2.24, 2.45) is 0 Å². The minimum Gasteiger partial charge on any atom is -0.480 e. The maximum Gasteiger partial charge on any atom is 0.323 e. The van der Waals surface area contributed by atoms with Gasteiger partial charge in [-0.05, 0) is 39.7 Å². The Hall–Kier alpha value is -0.610. The van der Waals surface area contributed by atoms with Crippen LogP contribution in [0.1, 0.15) is 33.1 Å². The number of ether oxygens (including phenoxy) is 1. The van der Waals surface area contributed by atoms with E-state index in [0.29, 0.717) is 6.54 Å². The van der Waals surface area contributed by atoms with Crippen LogP contribution in [0.15, 0.2) is 0 Å². The Morgan fingerprint density at radius 3 is 2.80 bits per heavy atom. The van der Waals surface area contributed by atoms with Crippen molar-refractivity contribution in [2.75, 3.05) is 20.2 Å². The number of aliphatic carboxylic acids is 1. The van der Waals surface area contributed by atoms with Crippen LogP contribution in [0.5, 0.6) is 0 Å². The van der Waals surface area contributed by atoms with Crippen LogP contribution in [0.4, 0.5) is 0 Å². The first-order valence-electron chi connectivity index (χ1n) is 5.52. The Kier molecular flexibility index (Phi) is 4.11. The molecule has 1 aliphatic heterocycles. The zero-order valence-electron chi connectivity index (χ0n) is 9.82. The number of carbonyl (C=O) groups is 1. The summed E-state index contributed by atoms with van der Waals surface area (Å²) in [5.74, 6) is -0.717. The zero-order valence-corrected chi connectivity index (χ0v) is 9.82. The van der Waals surface area contributed by atoms with Crippen LogP contribution in [-0.2, 0) is 9.53 Å². The normalized spacial score (nSPS) is 30.1. The summed E-state index contributed by atoms with van der Waals surface area (Å²) in [6.45, 7) is 5.34. The second kappa shape index (κ2) is 4.94. The second-order valence-electron chi connectivity index (χ2n) is 4.53. The molecule has 0 amide bonds. The monoisotopic (exact) mass is 215 g/mol. The van der Waals surface area contributed by atoms with E-state index in [1.54, 1.807) is 7.11 Å². The van der Waals surface area contributed by atoms with Gasteiger partial charge < -0.3 is 9.84 Å². The van der Waals surface area contributed by atoms with Crippen LogP contribution >= 0.6 is 0 Å². The highest BCUT2D eigenvalue weighted by Gasteiger charge is 2.41. The van der Waals surface area contributed by atoms with Crippen molar-refractivity contribution < 1.29 is 14.6 Å². The molecule has 0 aromatic rings. The Bertz CT molecular complexity index is 232. The number of piperidine rings is 1. The fraction of sp³-hybridized carbons (Fsp3) is 0.909. The van der Waals surface area contributed by atoms with Crippen molar-refractivity contribution in [1.82, 2.24) is 4.90 Å². The van der Waals surface area contributed by atoms with E-state index in [1.807, 2.05) is 18.7 Å². The van der Waals surface area contributed by atoms with Gasteiger partial charge in [0.15, 0.2) is 0 Å². The number of likely N-dealkylation sites (tertiary alicyclic amines) is 1. The minimum atomic E-state index is -0.717. The third-order valence-electron chi connectivity index (χ3n) is 3.38. The van der Waals surface area contributed by atoms with E-state index in [2.05, 4.69) is 0 Å². The third kappa shape index (κ3) is 2.69.